The molecule has 0 amide bonds. The van der Waals surface area contributed by atoms with Crippen LogP contribution < -0.4 is 0 Å². The summed E-state index contributed by atoms with van der Waals surface area (Å²) in [5, 5.41) is 9.14. The highest BCUT2D eigenvalue weighted by atomic mass is 32.1. The first kappa shape index (κ1) is 8.47. The summed E-state index contributed by atoms with van der Waals surface area (Å²) in [5.41, 5.74) is 1.23. The molecule has 1 nitrogen and oxygen atoms in total. The number of phenolic OH excluding ortho intramolecular Hbond substituents is 1. The Hall–Kier alpha value is -0.630. The third-order valence-corrected chi connectivity index (χ3v) is 1.94. The third-order valence-electron chi connectivity index (χ3n) is 1.58. The van der Waals surface area contributed by atoms with Crippen molar-refractivity contribution in [2.75, 3.05) is 0 Å². The summed E-state index contributed by atoms with van der Waals surface area (Å²) in [6.07, 6.45) is 2.17. The minimum atomic E-state index is 0.258. The van der Waals surface area contributed by atoms with Gasteiger partial charge in [-0.3, -0.25) is 0 Å². The van der Waals surface area contributed by atoms with Crippen molar-refractivity contribution < 1.29 is 5.11 Å². The monoisotopic (exact) mass is 168 g/mol. The van der Waals surface area contributed by atoms with Gasteiger partial charge in [-0.1, -0.05) is 19.4 Å². The number of hydrogen-bond donors (Lipinski definition) is 2. The fourth-order valence-corrected chi connectivity index (χ4v) is 1.25. The van der Waals surface area contributed by atoms with E-state index < -0.39 is 0 Å². The van der Waals surface area contributed by atoms with Crippen molar-refractivity contribution in [2.24, 2.45) is 0 Å². The lowest BCUT2D eigenvalue weighted by Crippen LogP contribution is -1.82. The number of rotatable bonds is 2. The second-order valence-electron chi connectivity index (χ2n) is 2.57. The average Bonchev–Trinajstić information content (AvgIpc) is 1.98. The molecule has 2 heteroatoms. The van der Waals surface area contributed by atoms with Gasteiger partial charge in [-0.05, 0) is 24.1 Å². The number of thiol groups is 1. The van der Waals surface area contributed by atoms with Crippen molar-refractivity contribution >= 4 is 12.6 Å². The summed E-state index contributed by atoms with van der Waals surface area (Å²) in [4.78, 5) is 0.663. The first-order chi connectivity index (χ1) is 5.24. The highest BCUT2D eigenvalue weighted by molar-refractivity contribution is 7.80. The Morgan fingerprint density at radius 1 is 1.45 bits per heavy atom. The lowest BCUT2D eigenvalue weighted by molar-refractivity contribution is 0.462. The Balaban J connectivity index is 2.86. The van der Waals surface area contributed by atoms with Crippen LogP contribution in [-0.4, -0.2) is 5.11 Å². The summed E-state index contributed by atoms with van der Waals surface area (Å²) in [7, 11) is 0. The van der Waals surface area contributed by atoms with E-state index in [-0.39, 0.29) is 5.75 Å². The summed E-state index contributed by atoms with van der Waals surface area (Å²) >= 11 is 4.11. The van der Waals surface area contributed by atoms with Crippen LogP contribution in [0.2, 0.25) is 0 Å². The number of aromatic hydroxyl groups is 1. The molecule has 0 fully saturated rings. The normalized spacial score (nSPS) is 10.0. The van der Waals surface area contributed by atoms with E-state index in [9.17, 15) is 0 Å². The Labute approximate surface area is 72.5 Å². The van der Waals surface area contributed by atoms with E-state index >= 15 is 0 Å². The summed E-state index contributed by atoms with van der Waals surface area (Å²) in [6.45, 7) is 2.13. The van der Waals surface area contributed by atoms with Crippen LogP contribution in [0.1, 0.15) is 18.9 Å². The Kier molecular flexibility index (Phi) is 2.83. The van der Waals surface area contributed by atoms with Crippen LogP contribution in [0.15, 0.2) is 23.1 Å². The van der Waals surface area contributed by atoms with E-state index in [0.717, 1.165) is 12.8 Å². The maximum Gasteiger partial charge on any atom is 0.128 e. The predicted molar refractivity (Wildman–Crippen MR) is 49.4 cm³/mol. The highest BCUT2D eigenvalue weighted by Gasteiger charge is 1.96. The fraction of sp³-hybridized carbons (Fsp3) is 0.333. The molecule has 11 heavy (non-hydrogen) atoms. The molecule has 1 aromatic carbocycles. The largest absolute Gasteiger partial charge is 0.507 e. The van der Waals surface area contributed by atoms with Gasteiger partial charge < -0.3 is 5.11 Å². The molecular weight excluding hydrogens is 156 g/mol. The number of aryl methyl sites for hydroxylation is 1. The molecule has 0 unspecified atom stereocenters. The van der Waals surface area contributed by atoms with Gasteiger partial charge >= 0.3 is 0 Å². The van der Waals surface area contributed by atoms with Gasteiger partial charge in [-0.15, -0.1) is 12.6 Å². The molecule has 0 aliphatic carbocycles. The lowest BCUT2D eigenvalue weighted by Gasteiger charge is -2.00. The first-order valence-corrected chi connectivity index (χ1v) is 4.19. The van der Waals surface area contributed by atoms with E-state index in [1.54, 1.807) is 6.07 Å². The zero-order valence-electron chi connectivity index (χ0n) is 6.54. The smallest absolute Gasteiger partial charge is 0.128 e. The van der Waals surface area contributed by atoms with Gasteiger partial charge in [0.15, 0.2) is 0 Å². The Morgan fingerprint density at radius 3 is 2.73 bits per heavy atom. The SMILES string of the molecule is CCCc1ccc(O)c(S)c1. The van der Waals surface area contributed by atoms with Crippen LogP contribution in [0.3, 0.4) is 0 Å². The zero-order valence-corrected chi connectivity index (χ0v) is 7.44. The first-order valence-electron chi connectivity index (χ1n) is 3.75. The molecule has 0 atom stereocenters. The van der Waals surface area contributed by atoms with Gasteiger partial charge in [-0.25, -0.2) is 0 Å². The van der Waals surface area contributed by atoms with Crippen LogP contribution in [-0.2, 0) is 6.42 Å². The van der Waals surface area contributed by atoms with Gasteiger partial charge in [0.05, 0.1) is 0 Å². The molecule has 0 bridgehead atoms. The van der Waals surface area contributed by atoms with E-state index in [2.05, 4.69) is 19.6 Å². The van der Waals surface area contributed by atoms with Gasteiger partial charge in [-0.2, -0.15) is 0 Å². The van der Waals surface area contributed by atoms with E-state index in [0.29, 0.717) is 4.90 Å². The molecular formula is C9H12OS. The molecule has 0 aliphatic heterocycles. The second kappa shape index (κ2) is 3.67. The maximum atomic E-state index is 9.14. The van der Waals surface area contributed by atoms with Crippen molar-refractivity contribution in [1.29, 1.82) is 0 Å². The molecule has 1 rings (SSSR count). The highest BCUT2D eigenvalue weighted by Crippen LogP contribution is 2.22. The van der Waals surface area contributed by atoms with Gasteiger partial charge in [0.25, 0.3) is 0 Å². The standard InChI is InChI=1S/C9H12OS/c1-2-3-7-4-5-8(10)9(11)6-7/h4-6,10-11H,2-3H2,1H3. The average molecular weight is 168 g/mol. The fourth-order valence-electron chi connectivity index (χ4n) is 1.01. The molecule has 0 radical (unpaired) electrons. The van der Waals surface area contributed by atoms with Crippen molar-refractivity contribution in [3.63, 3.8) is 0 Å². The van der Waals surface area contributed by atoms with Crippen LogP contribution in [0.4, 0.5) is 0 Å². The van der Waals surface area contributed by atoms with E-state index in [1.807, 2.05) is 12.1 Å². The van der Waals surface area contributed by atoms with E-state index in [4.69, 9.17) is 5.11 Å². The van der Waals surface area contributed by atoms with E-state index in [1.165, 1.54) is 5.56 Å². The molecule has 0 aromatic heterocycles. The number of benzene rings is 1. The minimum Gasteiger partial charge on any atom is -0.507 e. The van der Waals surface area contributed by atoms with Crippen molar-refractivity contribution in [3.05, 3.63) is 23.8 Å². The molecule has 0 aliphatic rings. The van der Waals surface area contributed by atoms with Crippen molar-refractivity contribution in [1.82, 2.24) is 0 Å². The molecule has 0 saturated carbocycles. The molecule has 0 spiro atoms. The van der Waals surface area contributed by atoms with Gasteiger partial charge in [0.2, 0.25) is 0 Å². The summed E-state index contributed by atoms with van der Waals surface area (Å²) < 4.78 is 0. The van der Waals surface area contributed by atoms with Crippen LogP contribution in [0, 0.1) is 0 Å². The zero-order chi connectivity index (χ0) is 8.27. The van der Waals surface area contributed by atoms with Crippen molar-refractivity contribution in [3.8, 4) is 5.75 Å². The van der Waals surface area contributed by atoms with Crippen LogP contribution in [0.25, 0.3) is 0 Å². The maximum absolute atomic E-state index is 9.14. The number of hydrogen-bond acceptors (Lipinski definition) is 2. The summed E-state index contributed by atoms with van der Waals surface area (Å²) in [6, 6.07) is 5.52. The topological polar surface area (TPSA) is 20.2 Å². The predicted octanol–water partition coefficient (Wildman–Crippen LogP) is 2.63. The van der Waals surface area contributed by atoms with Gasteiger partial charge in [0.1, 0.15) is 5.75 Å². The quantitative estimate of drug-likeness (QED) is 0.650. The Morgan fingerprint density at radius 2 is 2.18 bits per heavy atom. The Bertz CT molecular complexity index is 245. The van der Waals surface area contributed by atoms with Gasteiger partial charge in [0, 0.05) is 4.90 Å². The third kappa shape index (κ3) is 2.15. The number of phenols is 1. The lowest BCUT2D eigenvalue weighted by atomic mass is 10.1. The molecule has 0 saturated heterocycles. The molecule has 0 heterocycles. The molecule has 60 valence electrons. The van der Waals surface area contributed by atoms with Crippen LogP contribution in [0.5, 0.6) is 5.75 Å². The second-order valence-corrected chi connectivity index (χ2v) is 3.05. The van der Waals surface area contributed by atoms with Crippen LogP contribution >= 0.6 is 12.6 Å². The van der Waals surface area contributed by atoms with Crippen molar-refractivity contribution in [2.45, 2.75) is 24.7 Å². The molecule has 1 aromatic rings. The molecule has 1 N–H and O–H groups in total. The summed E-state index contributed by atoms with van der Waals surface area (Å²) in [5.74, 6) is 0.258. The minimum absolute atomic E-state index is 0.258.